The van der Waals surface area contributed by atoms with Gasteiger partial charge in [-0.2, -0.15) is 0 Å². The first-order valence-corrected chi connectivity index (χ1v) is 15.5. The normalized spacial score (nSPS) is 12.9. The molecular weight excluding hydrogens is 613 g/mol. The molecule has 2 nitrogen and oxygen atoms in total. The topological polar surface area (TPSA) is 25.0 Å². The van der Waals surface area contributed by atoms with Crippen LogP contribution in [0.1, 0.15) is 40.2 Å². The molecular formula is C29H33BrINOSi. The second-order valence-electron chi connectivity index (χ2n) is 10.9. The molecule has 1 N–H and O–H groups in total. The minimum absolute atomic E-state index is 0.0197. The van der Waals surface area contributed by atoms with E-state index in [1.165, 1.54) is 30.4 Å². The molecule has 4 rings (SSSR count). The van der Waals surface area contributed by atoms with E-state index in [0.29, 0.717) is 6.61 Å². The van der Waals surface area contributed by atoms with Crippen LogP contribution in [-0.4, -0.2) is 19.9 Å². The van der Waals surface area contributed by atoms with Crippen molar-refractivity contribution in [3.63, 3.8) is 0 Å². The number of aromatic nitrogens is 1. The molecule has 1 aromatic heterocycles. The minimum Gasteiger partial charge on any atom is -0.407 e. The van der Waals surface area contributed by atoms with Gasteiger partial charge in [0.25, 0.3) is 8.32 Å². The summed E-state index contributed by atoms with van der Waals surface area (Å²) >= 11 is 6.07. The van der Waals surface area contributed by atoms with Crippen molar-refractivity contribution in [3.8, 4) is 0 Å². The van der Waals surface area contributed by atoms with Gasteiger partial charge >= 0.3 is 0 Å². The monoisotopic (exact) mass is 645 g/mol. The number of aromatic amines is 1. The van der Waals surface area contributed by atoms with Gasteiger partial charge in [-0.1, -0.05) is 95.3 Å². The number of rotatable bonds is 7. The summed E-state index contributed by atoms with van der Waals surface area (Å²) in [6, 6.07) is 26.2. The van der Waals surface area contributed by atoms with Crippen LogP contribution in [0.15, 0.2) is 83.5 Å². The van der Waals surface area contributed by atoms with E-state index in [4.69, 9.17) is 4.43 Å². The molecule has 1 heterocycles. The van der Waals surface area contributed by atoms with Gasteiger partial charge in [0.1, 0.15) is 0 Å². The third-order valence-corrected chi connectivity index (χ3v) is 13.8. The van der Waals surface area contributed by atoms with Crippen LogP contribution in [-0.2, 0) is 10.8 Å². The molecule has 0 saturated carbocycles. The molecule has 0 aliphatic carbocycles. The maximum atomic E-state index is 7.25. The molecule has 0 bridgehead atoms. The number of fused-ring (bicyclic) bond motifs is 1. The van der Waals surface area contributed by atoms with Gasteiger partial charge in [-0.25, -0.2) is 0 Å². The fourth-order valence-corrected chi connectivity index (χ4v) is 10.5. The highest BCUT2D eigenvalue weighted by Gasteiger charge is 2.50. The average molecular weight is 646 g/mol. The molecule has 4 aromatic rings. The van der Waals surface area contributed by atoms with E-state index in [9.17, 15) is 0 Å². The van der Waals surface area contributed by atoms with E-state index in [1.54, 1.807) is 0 Å². The Labute approximate surface area is 226 Å². The van der Waals surface area contributed by atoms with E-state index in [-0.39, 0.29) is 10.5 Å². The summed E-state index contributed by atoms with van der Waals surface area (Å²) in [6.07, 6.45) is 3.11. The fourth-order valence-electron chi connectivity index (χ4n) is 4.95. The zero-order chi connectivity index (χ0) is 24.6. The van der Waals surface area contributed by atoms with Gasteiger partial charge in [-0.15, -0.1) is 0 Å². The van der Waals surface area contributed by atoms with Crippen molar-refractivity contribution in [2.45, 2.75) is 46.1 Å². The molecule has 0 saturated heterocycles. The molecule has 5 heteroatoms. The maximum absolute atomic E-state index is 7.25. The Morgan fingerprint density at radius 3 is 1.97 bits per heavy atom. The molecule has 0 fully saturated rings. The van der Waals surface area contributed by atoms with E-state index < -0.39 is 8.32 Å². The molecule has 178 valence electrons. The Balaban J connectivity index is 1.69. The van der Waals surface area contributed by atoms with Crippen LogP contribution < -0.4 is 10.4 Å². The molecule has 0 amide bonds. The zero-order valence-corrected chi connectivity index (χ0v) is 25.3. The van der Waals surface area contributed by atoms with Crippen LogP contribution in [0.5, 0.6) is 0 Å². The summed E-state index contributed by atoms with van der Waals surface area (Å²) in [4.78, 5) is 3.47. The SMILES string of the molecule is CC(C)(CO[Si](c1ccccc1)(c1ccccc1)C(C)(C)C)Cc1c[nH]c2cc(I)c(Br)cc12. The molecule has 0 unspecified atom stereocenters. The largest absolute Gasteiger partial charge is 0.407 e. The number of H-pyrrole nitrogens is 1. The van der Waals surface area contributed by atoms with Crippen LogP contribution in [0.4, 0.5) is 0 Å². The van der Waals surface area contributed by atoms with E-state index in [1.807, 2.05) is 0 Å². The van der Waals surface area contributed by atoms with Crippen LogP contribution in [0.2, 0.25) is 5.04 Å². The number of hydrogen-bond donors (Lipinski definition) is 1. The highest BCUT2D eigenvalue weighted by molar-refractivity contribution is 14.1. The lowest BCUT2D eigenvalue weighted by Gasteiger charge is -2.44. The second-order valence-corrected chi connectivity index (χ2v) is 17.2. The summed E-state index contributed by atoms with van der Waals surface area (Å²) in [5.74, 6) is 0. The van der Waals surface area contributed by atoms with Crippen molar-refractivity contribution >= 4 is 68.1 Å². The predicted octanol–water partition coefficient (Wildman–Crippen LogP) is 7.68. The standard InChI is InChI=1S/C29H33BrINOSi/c1-28(2,3)34(22-12-8-6-9-13-22,23-14-10-7-11-15-23)33-20-29(4,5)18-21-19-32-27-17-26(31)25(30)16-24(21)27/h6-17,19,32H,18,20H2,1-5H3. The minimum atomic E-state index is -2.55. The molecule has 0 radical (unpaired) electrons. The summed E-state index contributed by atoms with van der Waals surface area (Å²) < 4.78 is 9.61. The Kier molecular flexibility index (Phi) is 7.49. The third-order valence-electron chi connectivity index (χ3n) is 6.57. The smallest absolute Gasteiger partial charge is 0.261 e. The van der Waals surface area contributed by atoms with Gasteiger partial charge in [0, 0.05) is 31.7 Å². The maximum Gasteiger partial charge on any atom is 0.261 e. The molecule has 0 spiro atoms. The molecule has 34 heavy (non-hydrogen) atoms. The fraction of sp³-hybridized carbons (Fsp3) is 0.310. The van der Waals surface area contributed by atoms with Crippen molar-refractivity contribution in [2.24, 2.45) is 5.41 Å². The van der Waals surface area contributed by atoms with E-state index >= 15 is 0 Å². The Morgan fingerprint density at radius 1 is 0.882 bits per heavy atom. The summed E-state index contributed by atoms with van der Waals surface area (Å²) in [5, 5.41) is 3.92. The van der Waals surface area contributed by atoms with E-state index in [0.717, 1.165) is 10.9 Å². The Bertz CT molecular complexity index is 1220. The van der Waals surface area contributed by atoms with Crippen molar-refractivity contribution < 1.29 is 4.43 Å². The lowest BCUT2D eigenvalue weighted by Crippen LogP contribution is -2.67. The van der Waals surface area contributed by atoms with Gasteiger partial charge in [0.15, 0.2) is 0 Å². The van der Waals surface area contributed by atoms with Gasteiger partial charge < -0.3 is 9.41 Å². The van der Waals surface area contributed by atoms with Gasteiger partial charge in [-0.05, 0) is 83.5 Å². The van der Waals surface area contributed by atoms with Crippen molar-refractivity contribution in [1.82, 2.24) is 4.98 Å². The van der Waals surface area contributed by atoms with Crippen molar-refractivity contribution in [2.75, 3.05) is 6.61 Å². The summed E-state index contributed by atoms with van der Waals surface area (Å²) in [6.45, 7) is 12.4. The summed E-state index contributed by atoms with van der Waals surface area (Å²) in [5.41, 5.74) is 2.49. The van der Waals surface area contributed by atoms with Crippen LogP contribution in [0.3, 0.4) is 0 Å². The van der Waals surface area contributed by atoms with Crippen molar-refractivity contribution in [1.29, 1.82) is 0 Å². The number of hydrogen-bond acceptors (Lipinski definition) is 1. The van der Waals surface area contributed by atoms with Gasteiger partial charge in [0.2, 0.25) is 0 Å². The lowest BCUT2D eigenvalue weighted by molar-refractivity contribution is 0.170. The lowest BCUT2D eigenvalue weighted by atomic mass is 9.87. The second kappa shape index (κ2) is 9.92. The summed E-state index contributed by atoms with van der Waals surface area (Å²) in [7, 11) is -2.55. The zero-order valence-electron chi connectivity index (χ0n) is 20.6. The molecule has 3 aromatic carbocycles. The van der Waals surface area contributed by atoms with Gasteiger partial charge in [-0.3, -0.25) is 0 Å². The highest BCUT2D eigenvalue weighted by Crippen LogP contribution is 2.39. The predicted molar refractivity (Wildman–Crippen MR) is 160 cm³/mol. The molecule has 0 aliphatic rings. The average Bonchev–Trinajstić information content (AvgIpc) is 3.15. The Hall–Kier alpha value is -1.41. The molecule has 0 atom stereocenters. The number of benzene rings is 3. The third kappa shape index (κ3) is 5.08. The highest BCUT2D eigenvalue weighted by atomic mass is 127. The van der Waals surface area contributed by atoms with Gasteiger partial charge in [0.05, 0.1) is 0 Å². The first-order valence-electron chi connectivity index (χ1n) is 11.7. The van der Waals surface area contributed by atoms with Crippen LogP contribution in [0, 0.1) is 8.99 Å². The van der Waals surface area contributed by atoms with Crippen molar-refractivity contribution in [3.05, 3.63) is 92.6 Å². The quantitative estimate of drug-likeness (QED) is 0.162. The number of halogens is 2. The van der Waals surface area contributed by atoms with E-state index in [2.05, 4.69) is 157 Å². The first kappa shape index (κ1) is 25.7. The Morgan fingerprint density at radius 2 is 1.44 bits per heavy atom. The van der Waals surface area contributed by atoms with Crippen LogP contribution >= 0.6 is 38.5 Å². The van der Waals surface area contributed by atoms with Crippen LogP contribution in [0.25, 0.3) is 10.9 Å². The first-order chi connectivity index (χ1) is 16.0. The molecule has 0 aliphatic heterocycles. The number of nitrogens with one attached hydrogen (secondary N) is 1.